The highest BCUT2D eigenvalue weighted by Gasteiger charge is 2.22. The van der Waals surface area contributed by atoms with E-state index in [9.17, 15) is 4.79 Å². The fourth-order valence-corrected chi connectivity index (χ4v) is 4.77. The molecular formula is C21H23N3O2S2. The van der Waals surface area contributed by atoms with Gasteiger partial charge < -0.3 is 4.74 Å². The molecule has 0 spiro atoms. The molecule has 28 heavy (non-hydrogen) atoms. The number of hydrogen-bond donors (Lipinski definition) is 0. The molecule has 1 saturated heterocycles. The molecule has 3 aromatic rings. The van der Waals surface area contributed by atoms with Crippen molar-refractivity contribution in [2.75, 3.05) is 50.5 Å². The minimum atomic E-state index is -0.00185. The second-order valence-electron chi connectivity index (χ2n) is 6.61. The molecule has 0 atom stereocenters. The first-order valence-electron chi connectivity index (χ1n) is 9.36. The highest BCUT2D eigenvalue weighted by atomic mass is 32.2. The predicted octanol–water partition coefficient (Wildman–Crippen LogP) is 4.00. The van der Waals surface area contributed by atoms with Crippen LogP contribution in [0.5, 0.6) is 0 Å². The van der Waals surface area contributed by atoms with Gasteiger partial charge in [0.25, 0.3) is 5.91 Å². The molecule has 4 rings (SSSR count). The summed E-state index contributed by atoms with van der Waals surface area (Å²) in [6.07, 6.45) is 2.07. The molecule has 0 N–H and O–H groups in total. The third kappa shape index (κ3) is 4.38. The summed E-state index contributed by atoms with van der Waals surface area (Å²) in [7, 11) is 0. The number of nitrogens with zero attached hydrogens (tertiary/aromatic N) is 3. The van der Waals surface area contributed by atoms with E-state index in [4.69, 9.17) is 9.72 Å². The number of ether oxygens (including phenoxy) is 1. The summed E-state index contributed by atoms with van der Waals surface area (Å²) in [6.45, 7) is 4.75. The van der Waals surface area contributed by atoms with Crippen LogP contribution >= 0.6 is 23.1 Å². The number of carbonyl (C=O) groups is 1. The number of benzene rings is 2. The number of morpholine rings is 1. The Morgan fingerprint density at radius 2 is 2.00 bits per heavy atom. The average molecular weight is 414 g/mol. The lowest BCUT2D eigenvalue weighted by Gasteiger charge is -2.29. The number of hydrogen-bond acceptors (Lipinski definition) is 6. The number of rotatable bonds is 6. The van der Waals surface area contributed by atoms with Crippen molar-refractivity contribution in [1.29, 1.82) is 0 Å². The van der Waals surface area contributed by atoms with Crippen molar-refractivity contribution in [1.82, 2.24) is 9.88 Å². The van der Waals surface area contributed by atoms with Crippen molar-refractivity contribution in [3.63, 3.8) is 0 Å². The van der Waals surface area contributed by atoms with E-state index < -0.39 is 0 Å². The van der Waals surface area contributed by atoms with E-state index in [0.717, 1.165) is 48.2 Å². The van der Waals surface area contributed by atoms with Gasteiger partial charge >= 0.3 is 0 Å². The van der Waals surface area contributed by atoms with E-state index in [2.05, 4.69) is 23.3 Å². The Bertz CT molecular complexity index is 939. The summed E-state index contributed by atoms with van der Waals surface area (Å²) < 4.78 is 6.55. The molecule has 2 aromatic carbocycles. The molecule has 1 fully saturated rings. The Morgan fingerprint density at radius 1 is 1.21 bits per heavy atom. The molecular weight excluding hydrogens is 390 g/mol. The molecule has 0 radical (unpaired) electrons. The largest absolute Gasteiger partial charge is 0.379 e. The van der Waals surface area contributed by atoms with E-state index >= 15 is 0 Å². The molecule has 1 aliphatic rings. The molecule has 2 heterocycles. The summed E-state index contributed by atoms with van der Waals surface area (Å²) in [6, 6.07) is 15.7. The van der Waals surface area contributed by atoms with E-state index in [1.54, 1.807) is 23.1 Å². The molecule has 0 saturated carbocycles. The summed E-state index contributed by atoms with van der Waals surface area (Å²) in [4.78, 5) is 23.4. The molecule has 5 nitrogen and oxygen atoms in total. The normalized spacial score (nSPS) is 15.0. The Hall–Kier alpha value is -1.93. The number of fused-ring (bicyclic) bond motifs is 1. The zero-order chi connectivity index (χ0) is 19.3. The van der Waals surface area contributed by atoms with E-state index in [1.165, 1.54) is 4.90 Å². The maximum atomic E-state index is 13.3. The average Bonchev–Trinajstić information content (AvgIpc) is 3.18. The summed E-state index contributed by atoms with van der Waals surface area (Å²) >= 11 is 3.30. The highest BCUT2D eigenvalue weighted by Crippen LogP contribution is 2.32. The minimum absolute atomic E-state index is 0.00185. The molecule has 0 bridgehead atoms. The van der Waals surface area contributed by atoms with Crippen molar-refractivity contribution in [2.24, 2.45) is 0 Å². The van der Waals surface area contributed by atoms with E-state index in [-0.39, 0.29) is 5.91 Å². The molecule has 0 aliphatic carbocycles. The highest BCUT2D eigenvalue weighted by molar-refractivity contribution is 7.98. The first-order chi connectivity index (χ1) is 13.7. The third-order valence-electron chi connectivity index (χ3n) is 4.82. The Labute approximate surface area is 173 Å². The van der Waals surface area contributed by atoms with Crippen molar-refractivity contribution < 1.29 is 9.53 Å². The first-order valence-corrected chi connectivity index (χ1v) is 11.4. The van der Waals surface area contributed by atoms with Gasteiger partial charge in [0, 0.05) is 36.6 Å². The van der Waals surface area contributed by atoms with Crippen LogP contribution in [0, 0.1) is 0 Å². The quantitative estimate of drug-likeness (QED) is 0.572. The van der Waals surface area contributed by atoms with Crippen LogP contribution in [0.25, 0.3) is 10.2 Å². The van der Waals surface area contributed by atoms with Gasteiger partial charge in [0.2, 0.25) is 0 Å². The first kappa shape index (κ1) is 19.4. The van der Waals surface area contributed by atoms with Gasteiger partial charge in [0.05, 0.1) is 23.4 Å². The van der Waals surface area contributed by atoms with Gasteiger partial charge in [-0.05, 0) is 36.6 Å². The molecule has 146 valence electrons. The smallest absolute Gasteiger partial charge is 0.260 e. The van der Waals surface area contributed by atoms with Crippen LogP contribution in [0.2, 0.25) is 0 Å². The Balaban J connectivity index is 1.62. The van der Waals surface area contributed by atoms with Crippen molar-refractivity contribution >= 4 is 44.4 Å². The van der Waals surface area contributed by atoms with E-state index in [0.29, 0.717) is 12.1 Å². The molecule has 7 heteroatoms. The lowest BCUT2D eigenvalue weighted by atomic mass is 10.2. The van der Waals surface area contributed by atoms with Crippen molar-refractivity contribution in [3.8, 4) is 0 Å². The fraction of sp³-hybridized carbons (Fsp3) is 0.333. The summed E-state index contributed by atoms with van der Waals surface area (Å²) in [5, 5.41) is 0.760. The van der Waals surface area contributed by atoms with Gasteiger partial charge in [-0.25, -0.2) is 4.98 Å². The van der Waals surface area contributed by atoms with Gasteiger partial charge in [-0.2, -0.15) is 0 Å². The van der Waals surface area contributed by atoms with Gasteiger partial charge in [-0.15, -0.1) is 11.8 Å². The number of anilines is 1. The number of carbonyl (C=O) groups excluding carboxylic acids is 1. The second-order valence-corrected chi connectivity index (χ2v) is 8.50. The van der Waals surface area contributed by atoms with Crippen LogP contribution in [0.1, 0.15) is 10.4 Å². The Morgan fingerprint density at radius 3 is 2.75 bits per heavy atom. The predicted molar refractivity (Wildman–Crippen MR) is 117 cm³/mol. The molecule has 1 aromatic heterocycles. The van der Waals surface area contributed by atoms with Crippen LogP contribution in [-0.2, 0) is 4.74 Å². The zero-order valence-corrected chi connectivity index (χ0v) is 17.5. The van der Waals surface area contributed by atoms with Crippen molar-refractivity contribution in [3.05, 3.63) is 54.1 Å². The maximum Gasteiger partial charge on any atom is 0.260 e. The van der Waals surface area contributed by atoms with Gasteiger partial charge in [0.15, 0.2) is 5.13 Å². The molecule has 1 aliphatic heterocycles. The number of thiazole rings is 1. The van der Waals surface area contributed by atoms with Gasteiger partial charge in [-0.1, -0.05) is 29.5 Å². The standard InChI is InChI=1S/C21H23N3O2S2/c1-27-17-7-8-18-19(15-17)28-21(22-18)24(10-9-23-11-13-26-14-12-23)20(25)16-5-3-2-4-6-16/h2-8,15H,9-14H2,1H3. The lowest BCUT2D eigenvalue weighted by molar-refractivity contribution is 0.0391. The van der Waals surface area contributed by atoms with Gasteiger partial charge in [-0.3, -0.25) is 14.6 Å². The fourth-order valence-electron chi connectivity index (χ4n) is 3.22. The van der Waals surface area contributed by atoms with Crippen LogP contribution in [0.4, 0.5) is 5.13 Å². The van der Waals surface area contributed by atoms with Crippen LogP contribution in [0.15, 0.2) is 53.4 Å². The van der Waals surface area contributed by atoms with Crippen molar-refractivity contribution in [2.45, 2.75) is 4.90 Å². The third-order valence-corrected chi connectivity index (χ3v) is 6.59. The van der Waals surface area contributed by atoms with E-state index in [1.807, 2.05) is 41.3 Å². The minimum Gasteiger partial charge on any atom is -0.379 e. The summed E-state index contributed by atoms with van der Waals surface area (Å²) in [5.74, 6) is -0.00185. The number of amides is 1. The van der Waals surface area contributed by atoms with Gasteiger partial charge in [0.1, 0.15) is 0 Å². The second kappa shape index (κ2) is 9.05. The zero-order valence-electron chi connectivity index (χ0n) is 15.8. The Kier molecular flexibility index (Phi) is 6.26. The summed E-state index contributed by atoms with van der Waals surface area (Å²) in [5.41, 5.74) is 1.63. The molecule has 0 unspecified atom stereocenters. The topological polar surface area (TPSA) is 45.7 Å². The number of thioether (sulfide) groups is 1. The maximum absolute atomic E-state index is 13.3. The number of aromatic nitrogens is 1. The van der Waals surface area contributed by atoms with Crippen LogP contribution < -0.4 is 4.90 Å². The monoisotopic (exact) mass is 413 g/mol. The SMILES string of the molecule is CSc1ccc2nc(N(CCN3CCOCC3)C(=O)c3ccccc3)sc2c1. The lowest BCUT2D eigenvalue weighted by Crippen LogP contribution is -2.43. The molecule has 1 amide bonds. The van der Waals surface area contributed by atoms with Crippen LogP contribution in [-0.4, -0.2) is 61.4 Å². The van der Waals surface area contributed by atoms with Crippen LogP contribution in [0.3, 0.4) is 0 Å².